The van der Waals surface area contributed by atoms with Gasteiger partial charge >= 0.3 is 5.97 Å². The number of carbonyl (C=O) groups excluding carboxylic acids is 4. The van der Waals surface area contributed by atoms with Crippen molar-refractivity contribution in [2.75, 3.05) is 19.1 Å². The Bertz CT molecular complexity index is 1930. The van der Waals surface area contributed by atoms with Crippen molar-refractivity contribution in [3.05, 3.63) is 101 Å². The van der Waals surface area contributed by atoms with Gasteiger partial charge in [-0.3, -0.25) is 34.3 Å². The van der Waals surface area contributed by atoms with Crippen LogP contribution in [0.4, 0.5) is 5.69 Å². The first-order chi connectivity index (χ1) is 24.6. The van der Waals surface area contributed by atoms with E-state index in [1.165, 1.54) is 18.1 Å². The highest BCUT2D eigenvalue weighted by molar-refractivity contribution is 6.13. The van der Waals surface area contributed by atoms with Crippen LogP contribution in [0.3, 0.4) is 0 Å². The fourth-order valence-corrected chi connectivity index (χ4v) is 8.99. The van der Waals surface area contributed by atoms with E-state index in [1.54, 1.807) is 24.3 Å². The second kappa shape index (κ2) is 13.4. The third-order valence-corrected chi connectivity index (χ3v) is 11.3. The minimum absolute atomic E-state index is 0.0219. The minimum atomic E-state index is -1.51. The molecule has 3 aromatic rings. The van der Waals surface area contributed by atoms with Crippen LogP contribution >= 0.6 is 0 Å². The Balaban J connectivity index is 1.35. The van der Waals surface area contributed by atoms with Gasteiger partial charge in [0.2, 0.25) is 11.8 Å². The van der Waals surface area contributed by atoms with E-state index in [1.807, 2.05) is 55.5 Å². The van der Waals surface area contributed by atoms with Crippen LogP contribution < -0.4 is 10.2 Å². The number of hydrogen-bond donors (Lipinski definition) is 3. The van der Waals surface area contributed by atoms with Crippen molar-refractivity contribution >= 4 is 35.3 Å². The van der Waals surface area contributed by atoms with E-state index in [9.17, 15) is 24.3 Å². The maximum absolute atomic E-state index is 15.2. The molecular weight excluding hydrogens is 650 g/mol. The van der Waals surface area contributed by atoms with Gasteiger partial charge in [-0.25, -0.2) is 0 Å². The van der Waals surface area contributed by atoms with Gasteiger partial charge in [-0.15, -0.1) is 0 Å². The zero-order chi connectivity index (χ0) is 36.0. The molecule has 4 aliphatic rings. The van der Waals surface area contributed by atoms with Crippen molar-refractivity contribution in [2.24, 2.45) is 23.7 Å². The van der Waals surface area contributed by atoms with Crippen LogP contribution in [0.5, 0.6) is 11.5 Å². The van der Waals surface area contributed by atoms with Gasteiger partial charge in [0.15, 0.2) is 0 Å². The normalized spacial score (nSPS) is 26.8. The van der Waals surface area contributed by atoms with Crippen molar-refractivity contribution in [3.63, 3.8) is 0 Å². The van der Waals surface area contributed by atoms with E-state index >= 15 is 4.79 Å². The average Bonchev–Trinajstić information content (AvgIpc) is 3.50. The molecule has 264 valence electrons. The average molecular weight is 692 g/mol. The Morgan fingerprint density at radius 1 is 0.922 bits per heavy atom. The summed E-state index contributed by atoms with van der Waals surface area (Å²) in [5.74, 6) is -5.80. The molecule has 0 aromatic heterocycles. The highest BCUT2D eigenvalue weighted by Gasteiger charge is 2.70. The maximum Gasteiger partial charge on any atom is 0.303 e. The molecule has 1 saturated carbocycles. The molecule has 51 heavy (non-hydrogen) atoms. The molecule has 2 aliphatic carbocycles. The lowest BCUT2D eigenvalue weighted by atomic mass is 9.49. The second-order valence-corrected chi connectivity index (χ2v) is 14.0. The molecule has 3 N–H and O–H groups in total. The number of likely N-dealkylation sites (tertiary alicyclic amines) is 1. The number of ether oxygens (including phenoxy) is 1. The lowest BCUT2D eigenvalue weighted by Crippen LogP contribution is -2.53. The number of fused-ring (bicyclic) bond motifs is 4. The summed E-state index contributed by atoms with van der Waals surface area (Å²) in [6.45, 7) is 2.13. The number of rotatable bonds is 11. The Morgan fingerprint density at radius 3 is 2.37 bits per heavy atom. The number of amides is 4. The topological polar surface area (TPSA) is 154 Å². The van der Waals surface area contributed by atoms with Gasteiger partial charge in [0, 0.05) is 24.4 Å². The number of imide groups is 2. The molecular formula is C40H41N3O8. The van der Waals surface area contributed by atoms with Gasteiger partial charge in [0.05, 0.1) is 36.0 Å². The molecule has 6 atom stereocenters. The van der Waals surface area contributed by atoms with Crippen molar-refractivity contribution < 1.29 is 38.9 Å². The molecule has 11 heteroatoms. The lowest BCUT2D eigenvalue weighted by Gasteiger charge is -2.50. The molecule has 0 spiro atoms. The van der Waals surface area contributed by atoms with Crippen LogP contribution in [0.2, 0.25) is 0 Å². The van der Waals surface area contributed by atoms with E-state index in [0.29, 0.717) is 41.8 Å². The number of nitrogens with zero attached hydrogens (tertiary/aromatic N) is 2. The zero-order valence-corrected chi connectivity index (χ0v) is 28.6. The van der Waals surface area contributed by atoms with Crippen LogP contribution in [0.25, 0.3) is 0 Å². The van der Waals surface area contributed by atoms with E-state index in [4.69, 9.17) is 9.84 Å². The van der Waals surface area contributed by atoms with E-state index < -0.39 is 52.8 Å². The van der Waals surface area contributed by atoms with Crippen LogP contribution in [-0.2, 0) is 29.4 Å². The number of aliphatic carboxylic acids is 1. The van der Waals surface area contributed by atoms with E-state index in [-0.39, 0.29) is 43.4 Å². The second-order valence-electron chi connectivity index (χ2n) is 14.0. The van der Waals surface area contributed by atoms with Crippen LogP contribution in [0.15, 0.2) is 84.4 Å². The smallest absolute Gasteiger partial charge is 0.303 e. The molecule has 3 aromatic carbocycles. The quantitative estimate of drug-likeness (QED) is 0.137. The largest absolute Gasteiger partial charge is 0.508 e. The van der Waals surface area contributed by atoms with Crippen molar-refractivity contribution in [2.45, 2.75) is 56.8 Å². The number of phenols is 1. The first-order valence-corrected chi connectivity index (χ1v) is 17.5. The summed E-state index contributed by atoms with van der Waals surface area (Å²) in [5.41, 5.74) is 4.87. The number of carboxylic acids is 1. The standard InChI is InChI=1S/C40H41N3O8/c1-23-12-14-25(15-13-23)41-43-37(48)31-22-29-27(17-18-28-34(29)38(49)42(36(28)47)20-8-4-7-11-33(45)46)35(30-21-26(51-2)16-19-32(30)44)40(31,39(43)50)24-9-5-3-6-10-24/h3,5-6,9-10,12-17,19,21,28-29,31,34-35,41,44H,4,7-8,11,18,20,22H2,1-2H3,(H,45,46)/t28-,29+,31-,34-,35+,40+/m0/s1. The maximum atomic E-state index is 15.2. The number of aryl methyl sites for hydroxylation is 1. The fraction of sp³-hybridized carbons (Fsp3) is 0.375. The molecule has 7 rings (SSSR count). The minimum Gasteiger partial charge on any atom is -0.508 e. The molecule has 0 radical (unpaired) electrons. The number of hydrogen-bond acceptors (Lipinski definition) is 8. The number of anilines is 1. The Hall–Kier alpha value is -5.45. The van der Waals surface area contributed by atoms with Gasteiger partial charge < -0.3 is 14.9 Å². The first-order valence-electron chi connectivity index (χ1n) is 17.5. The third kappa shape index (κ3) is 5.55. The number of carbonyl (C=O) groups is 5. The number of methoxy groups -OCH3 is 1. The summed E-state index contributed by atoms with van der Waals surface area (Å²) >= 11 is 0. The Labute approximate surface area is 295 Å². The number of aromatic hydroxyl groups is 1. The number of hydrazine groups is 1. The number of allylic oxidation sites excluding steroid dienone is 2. The predicted molar refractivity (Wildman–Crippen MR) is 186 cm³/mol. The molecule has 3 fully saturated rings. The Kier molecular flexibility index (Phi) is 8.91. The van der Waals surface area contributed by atoms with Gasteiger partial charge in [-0.1, -0.05) is 66.1 Å². The van der Waals surface area contributed by atoms with Crippen LogP contribution in [0, 0.1) is 30.6 Å². The highest BCUT2D eigenvalue weighted by atomic mass is 16.5. The molecule has 11 nitrogen and oxygen atoms in total. The number of benzene rings is 3. The van der Waals surface area contributed by atoms with Gasteiger partial charge in [-0.05, 0) is 74.4 Å². The van der Waals surface area contributed by atoms with Crippen molar-refractivity contribution in [1.82, 2.24) is 9.91 Å². The summed E-state index contributed by atoms with van der Waals surface area (Å²) in [7, 11) is 1.51. The number of phenolic OH excluding ortho intramolecular Hbond substituents is 1. The summed E-state index contributed by atoms with van der Waals surface area (Å²) in [6, 6.07) is 21.3. The molecule has 0 bridgehead atoms. The highest BCUT2D eigenvalue weighted by Crippen LogP contribution is 2.65. The summed E-state index contributed by atoms with van der Waals surface area (Å²) in [5, 5.41) is 21.6. The molecule has 2 aliphatic heterocycles. The molecule has 2 heterocycles. The van der Waals surface area contributed by atoms with Gasteiger partial charge in [0.1, 0.15) is 11.5 Å². The Morgan fingerprint density at radius 2 is 1.67 bits per heavy atom. The number of carboxylic acid groups (broad SMARTS) is 1. The monoisotopic (exact) mass is 691 g/mol. The predicted octanol–water partition coefficient (Wildman–Crippen LogP) is 5.34. The summed E-state index contributed by atoms with van der Waals surface area (Å²) in [6.07, 6.45) is 3.88. The molecule has 0 unspecified atom stereocenters. The SMILES string of the molecule is COc1ccc(O)c([C@H]2C3=CC[C@@H]4C(=O)N(CCCCCC(=O)O)C(=O)[C@@H]4[C@@H]3C[C@H]3C(=O)N(Nc4ccc(C)cc4)C(=O)[C@@]23c2ccccc2)c1. The first kappa shape index (κ1) is 34.0. The summed E-state index contributed by atoms with van der Waals surface area (Å²) < 4.78 is 5.58. The fourth-order valence-electron chi connectivity index (χ4n) is 8.99. The zero-order valence-electron chi connectivity index (χ0n) is 28.6. The third-order valence-electron chi connectivity index (χ3n) is 11.3. The lowest BCUT2D eigenvalue weighted by molar-refractivity contribution is -0.141. The van der Waals surface area contributed by atoms with Crippen LogP contribution in [0.1, 0.15) is 61.1 Å². The van der Waals surface area contributed by atoms with Gasteiger partial charge in [-0.2, -0.15) is 5.01 Å². The number of nitrogens with one attached hydrogen (secondary N) is 1. The van der Waals surface area contributed by atoms with Crippen molar-refractivity contribution in [1.29, 1.82) is 0 Å². The molecule has 2 saturated heterocycles. The van der Waals surface area contributed by atoms with Gasteiger partial charge in [0.25, 0.3) is 11.8 Å². The molecule has 4 amide bonds. The van der Waals surface area contributed by atoms with Crippen molar-refractivity contribution in [3.8, 4) is 11.5 Å². The van der Waals surface area contributed by atoms with Crippen LogP contribution in [-0.4, -0.2) is 63.4 Å². The summed E-state index contributed by atoms with van der Waals surface area (Å²) in [4.78, 5) is 70.3. The van der Waals surface area contributed by atoms with E-state index in [0.717, 1.165) is 16.1 Å². The number of unbranched alkanes of at least 4 members (excludes halogenated alkanes) is 2. The van der Waals surface area contributed by atoms with E-state index in [2.05, 4.69) is 5.43 Å².